The van der Waals surface area contributed by atoms with Gasteiger partial charge < -0.3 is 10.4 Å². The smallest absolute Gasteiger partial charge is 0.0431 e. The number of allylic oxidation sites excluding steroid dienone is 1. The van der Waals surface area contributed by atoms with E-state index in [-0.39, 0.29) is 0 Å². The average Bonchev–Trinajstić information content (AvgIpc) is 2.33. The van der Waals surface area contributed by atoms with Gasteiger partial charge in [0, 0.05) is 19.2 Å². The van der Waals surface area contributed by atoms with Crippen LogP contribution in [-0.4, -0.2) is 48.8 Å². The summed E-state index contributed by atoms with van der Waals surface area (Å²) in [6, 6.07) is 0.691. The minimum atomic E-state index is 0.322. The molecule has 0 aliphatic carbocycles. The molecule has 1 aliphatic heterocycles. The number of hydrogen-bond acceptors (Lipinski definition) is 3. The molecule has 1 saturated heterocycles. The average molecular weight is 240 g/mol. The van der Waals surface area contributed by atoms with Gasteiger partial charge in [-0.2, -0.15) is 0 Å². The molecule has 3 nitrogen and oxygen atoms in total. The van der Waals surface area contributed by atoms with Gasteiger partial charge in [-0.1, -0.05) is 11.6 Å². The lowest BCUT2D eigenvalue weighted by Crippen LogP contribution is -2.42. The van der Waals surface area contributed by atoms with E-state index in [1.54, 1.807) is 0 Å². The maximum absolute atomic E-state index is 8.70. The Kier molecular flexibility index (Phi) is 7.49. The Bertz CT molecular complexity index is 216. The van der Waals surface area contributed by atoms with Crippen molar-refractivity contribution in [2.45, 2.75) is 45.6 Å². The number of nitrogens with one attached hydrogen (secondary N) is 1. The number of aliphatic hydroxyl groups excluding tert-OH is 1. The summed E-state index contributed by atoms with van der Waals surface area (Å²) in [5, 5.41) is 12.3. The molecule has 0 aromatic carbocycles. The van der Waals surface area contributed by atoms with E-state index >= 15 is 0 Å². The van der Waals surface area contributed by atoms with Crippen LogP contribution in [0, 0.1) is 0 Å². The van der Waals surface area contributed by atoms with Gasteiger partial charge in [0.1, 0.15) is 0 Å². The van der Waals surface area contributed by atoms with Gasteiger partial charge in [-0.05, 0) is 59.2 Å². The first-order chi connectivity index (χ1) is 8.22. The topological polar surface area (TPSA) is 35.5 Å². The molecule has 1 heterocycles. The number of likely N-dealkylation sites (tertiary alicyclic amines) is 1. The van der Waals surface area contributed by atoms with Crippen LogP contribution in [0.4, 0.5) is 0 Å². The van der Waals surface area contributed by atoms with Crippen LogP contribution >= 0.6 is 0 Å². The van der Waals surface area contributed by atoms with E-state index in [4.69, 9.17) is 5.11 Å². The van der Waals surface area contributed by atoms with Gasteiger partial charge in [0.2, 0.25) is 0 Å². The first kappa shape index (κ1) is 14.7. The number of piperidine rings is 1. The summed E-state index contributed by atoms with van der Waals surface area (Å²) >= 11 is 0. The molecule has 100 valence electrons. The third kappa shape index (κ3) is 6.81. The number of nitrogens with zero attached hydrogens (tertiary/aromatic N) is 1. The van der Waals surface area contributed by atoms with E-state index < -0.39 is 0 Å². The van der Waals surface area contributed by atoms with Gasteiger partial charge in [-0.15, -0.1) is 0 Å². The molecule has 3 heteroatoms. The Morgan fingerprint density at radius 3 is 2.59 bits per heavy atom. The van der Waals surface area contributed by atoms with Crippen LogP contribution in [0.15, 0.2) is 11.6 Å². The zero-order valence-electron chi connectivity index (χ0n) is 11.4. The maximum Gasteiger partial charge on any atom is 0.0431 e. The molecule has 0 spiro atoms. The number of aliphatic hydroxyl groups is 1. The summed E-state index contributed by atoms with van der Waals surface area (Å²) in [5.74, 6) is 0. The largest absolute Gasteiger partial charge is 0.396 e. The predicted molar refractivity (Wildman–Crippen MR) is 73.2 cm³/mol. The van der Waals surface area contributed by atoms with Crippen molar-refractivity contribution in [3.8, 4) is 0 Å². The van der Waals surface area contributed by atoms with Crippen molar-refractivity contribution in [1.29, 1.82) is 0 Å². The quantitative estimate of drug-likeness (QED) is 0.526. The van der Waals surface area contributed by atoms with Crippen molar-refractivity contribution in [1.82, 2.24) is 10.2 Å². The molecule has 0 saturated carbocycles. The van der Waals surface area contributed by atoms with Gasteiger partial charge >= 0.3 is 0 Å². The molecule has 1 aliphatic rings. The van der Waals surface area contributed by atoms with Crippen molar-refractivity contribution in [3.05, 3.63) is 11.6 Å². The molecule has 0 unspecified atom stereocenters. The molecule has 0 amide bonds. The van der Waals surface area contributed by atoms with Gasteiger partial charge in [0.15, 0.2) is 0 Å². The molecule has 1 fully saturated rings. The first-order valence-electron chi connectivity index (χ1n) is 6.92. The number of rotatable bonds is 7. The van der Waals surface area contributed by atoms with Crippen LogP contribution in [0.2, 0.25) is 0 Å². The lowest BCUT2D eigenvalue weighted by Gasteiger charge is -2.31. The summed E-state index contributed by atoms with van der Waals surface area (Å²) in [7, 11) is 0. The highest BCUT2D eigenvalue weighted by Crippen LogP contribution is 2.10. The highest BCUT2D eigenvalue weighted by atomic mass is 16.2. The molecule has 17 heavy (non-hydrogen) atoms. The molecule has 1 rings (SSSR count). The molecule has 2 N–H and O–H groups in total. The zero-order valence-corrected chi connectivity index (χ0v) is 11.4. The molecule has 0 atom stereocenters. The SMILES string of the molecule is CC(C)=CCN1CCC(NCCCCO)CC1. The normalized spacial score (nSPS) is 18.3. The molecular weight excluding hydrogens is 212 g/mol. The second-order valence-corrected chi connectivity index (χ2v) is 5.24. The van der Waals surface area contributed by atoms with Crippen molar-refractivity contribution in [3.63, 3.8) is 0 Å². The van der Waals surface area contributed by atoms with E-state index in [0.717, 1.165) is 25.9 Å². The predicted octanol–water partition coefficient (Wildman–Crippen LogP) is 1.78. The van der Waals surface area contributed by atoms with Crippen LogP contribution in [0.3, 0.4) is 0 Å². The van der Waals surface area contributed by atoms with Gasteiger partial charge in [0.25, 0.3) is 0 Å². The van der Waals surface area contributed by atoms with Crippen molar-refractivity contribution >= 4 is 0 Å². The summed E-state index contributed by atoms with van der Waals surface area (Å²) in [6.45, 7) is 9.23. The fourth-order valence-electron chi connectivity index (χ4n) is 2.17. The third-order valence-corrected chi connectivity index (χ3v) is 3.36. The molecular formula is C14H28N2O. The number of hydrogen-bond donors (Lipinski definition) is 2. The molecule has 0 aromatic rings. The number of unbranched alkanes of at least 4 members (excludes halogenated alkanes) is 1. The Labute approximate surface area is 106 Å². The standard InChI is InChI=1S/C14H28N2O/c1-13(2)5-9-16-10-6-14(7-11-16)15-8-3-4-12-17/h5,14-15,17H,3-4,6-12H2,1-2H3. The van der Waals surface area contributed by atoms with Crippen LogP contribution in [0.1, 0.15) is 39.5 Å². The van der Waals surface area contributed by atoms with Crippen molar-refractivity contribution in [2.24, 2.45) is 0 Å². The second-order valence-electron chi connectivity index (χ2n) is 5.24. The van der Waals surface area contributed by atoms with Crippen LogP contribution in [0.25, 0.3) is 0 Å². The van der Waals surface area contributed by atoms with E-state index in [1.807, 2.05) is 0 Å². The van der Waals surface area contributed by atoms with E-state index in [1.165, 1.54) is 31.5 Å². The van der Waals surface area contributed by atoms with Gasteiger partial charge in [-0.25, -0.2) is 0 Å². The van der Waals surface area contributed by atoms with E-state index in [2.05, 4.69) is 30.1 Å². The Hall–Kier alpha value is -0.380. The highest BCUT2D eigenvalue weighted by Gasteiger charge is 2.17. The zero-order chi connectivity index (χ0) is 12.5. The monoisotopic (exact) mass is 240 g/mol. The van der Waals surface area contributed by atoms with Crippen molar-refractivity contribution in [2.75, 3.05) is 32.8 Å². The van der Waals surface area contributed by atoms with Crippen LogP contribution in [-0.2, 0) is 0 Å². The maximum atomic E-state index is 8.70. The summed E-state index contributed by atoms with van der Waals surface area (Å²) < 4.78 is 0. The van der Waals surface area contributed by atoms with Gasteiger partial charge in [0.05, 0.1) is 0 Å². The lowest BCUT2D eigenvalue weighted by atomic mass is 10.0. The molecule has 0 aromatic heterocycles. The van der Waals surface area contributed by atoms with Gasteiger partial charge in [-0.3, -0.25) is 4.90 Å². The Balaban J connectivity index is 2.07. The Morgan fingerprint density at radius 2 is 2.00 bits per heavy atom. The minimum absolute atomic E-state index is 0.322. The fraction of sp³-hybridized carbons (Fsp3) is 0.857. The molecule has 0 radical (unpaired) electrons. The second kappa shape index (κ2) is 8.67. The van der Waals surface area contributed by atoms with Crippen LogP contribution in [0.5, 0.6) is 0 Å². The summed E-state index contributed by atoms with van der Waals surface area (Å²) in [6.07, 6.45) is 6.85. The Morgan fingerprint density at radius 1 is 1.29 bits per heavy atom. The fourth-order valence-corrected chi connectivity index (χ4v) is 2.17. The van der Waals surface area contributed by atoms with Crippen LogP contribution < -0.4 is 5.32 Å². The summed E-state index contributed by atoms with van der Waals surface area (Å²) in [4.78, 5) is 2.53. The van der Waals surface area contributed by atoms with E-state index in [9.17, 15) is 0 Å². The minimum Gasteiger partial charge on any atom is -0.396 e. The highest BCUT2D eigenvalue weighted by molar-refractivity contribution is 4.95. The summed E-state index contributed by atoms with van der Waals surface area (Å²) in [5.41, 5.74) is 1.41. The van der Waals surface area contributed by atoms with E-state index in [0.29, 0.717) is 12.6 Å². The third-order valence-electron chi connectivity index (χ3n) is 3.36. The molecule has 0 bridgehead atoms. The van der Waals surface area contributed by atoms with Crippen molar-refractivity contribution < 1.29 is 5.11 Å². The first-order valence-corrected chi connectivity index (χ1v) is 6.92. The lowest BCUT2D eigenvalue weighted by molar-refractivity contribution is 0.213.